The zero-order chi connectivity index (χ0) is 19.2. The average Bonchev–Trinajstić information content (AvgIpc) is 3.32. The molecule has 0 radical (unpaired) electrons. The first-order chi connectivity index (χ1) is 13.1. The minimum Gasteiger partial charge on any atom is -0.497 e. The van der Waals surface area contributed by atoms with Crippen LogP contribution in [-0.2, 0) is 9.59 Å². The molecule has 148 valence electrons. The van der Waals surface area contributed by atoms with Crippen LogP contribution >= 0.6 is 0 Å². The van der Waals surface area contributed by atoms with Gasteiger partial charge in [0.15, 0.2) is 0 Å². The summed E-state index contributed by atoms with van der Waals surface area (Å²) >= 11 is 0. The molecule has 2 amide bonds. The van der Waals surface area contributed by atoms with E-state index in [-0.39, 0.29) is 30.2 Å². The highest BCUT2D eigenvalue weighted by Crippen LogP contribution is 2.38. The van der Waals surface area contributed by atoms with E-state index in [0.717, 1.165) is 24.3 Å². The maximum Gasteiger partial charge on any atom is 0.226 e. The van der Waals surface area contributed by atoms with Crippen LogP contribution in [0.5, 0.6) is 5.75 Å². The van der Waals surface area contributed by atoms with Gasteiger partial charge in [-0.15, -0.1) is 0 Å². The number of hydrogen-bond donors (Lipinski definition) is 1. The van der Waals surface area contributed by atoms with Gasteiger partial charge in [-0.05, 0) is 63.5 Å². The number of nitrogens with one attached hydrogen (secondary N) is 1. The number of likely N-dealkylation sites (tertiary alicyclic amines) is 2. The fourth-order valence-corrected chi connectivity index (χ4v) is 4.26. The maximum absolute atomic E-state index is 12.8. The first kappa shape index (κ1) is 19.7. The third kappa shape index (κ3) is 4.61. The summed E-state index contributed by atoms with van der Waals surface area (Å²) in [6, 6.07) is 7.48. The summed E-state index contributed by atoms with van der Waals surface area (Å²) in [4.78, 5) is 29.5. The second kappa shape index (κ2) is 9.22. The Bertz CT molecular complexity index is 641. The Balaban J connectivity index is 1.61. The van der Waals surface area contributed by atoms with E-state index in [4.69, 9.17) is 4.74 Å². The molecule has 6 nitrogen and oxygen atoms in total. The predicted molar refractivity (Wildman–Crippen MR) is 105 cm³/mol. The number of benzene rings is 1. The Kier molecular flexibility index (Phi) is 6.72. The molecule has 2 atom stereocenters. The SMILES string of the molecule is CCN1C(=O)C[C@@H](C(=O)NCCCN2CCCC2)[C@@H]1c1ccc(OC)cc1. The molecule has 2 aliphatic rings. The summed E-state index contributed by atoms with van der Waals surface area (Å²) in [5.41, 5.74) is 0.987. The average molecular weight is 373 g/mol. The molecular weight excluding hydrogens is 342 g/mol. The zero-order valence-electron chi connectivity index (χ0n) is 16.4. The maximum atomic E-state index is 12.8. The number of carbonyl (C=O) groups excluding carboxylic acids is 2. The summed E-state index contributed by atoms with van der Waals surface area (Å²) < 4.78 is 5.22. The van der Waals surface area contributed by atoms with Gasteiger partial charge in [0.05, 0.1) is 19.1 Å². The molecule has 1 aromatic rings. The first-order valence-corrected chi connectivity index (χ1v) is 10.1. The monoisotopic (exact) mass is 373 g/mol. The van der Waals surface area contributed by atoms with Gasteiger partial charge in [-0.2, -0.15) is 0 Å². The van der Waals surface area contributed by atoms with E-state index in [1.54, 1.807) is 7.11 Å². The van der Waals surface area contributed by atoms with Crippen molar-refractivity contribution in [3.05, 3.63) is 29.8 Å². The van der Waals surface area contributed by atoms with Gasteiger partial charge in [-0.1, -0.05) is 12.1 Å². The highest BCUT2D eigenvalue weighted by atomic mass is 16.5. The number of carbonyl (C=O) groups is 2. The van der Waals surface area contributed by atoms with Crippen LogP contribution in [0.1, 0.15) is 44.2 Å². The van der Waals surface area contributed by atoms with Crippen molar-refractivity contribution < 1.29 is 14.3 Å². The Morgan fingerprint density at radius 1 is 1.22 bits per heavy atom. The van der Waals surface area contributed by atoms with Gasteiger partial charge in [0.1, 0.15) is 5.75 Å². The molecule has 2 aliphatic heterocycles. The number of amides is 2. The van der Waals surface area contributed by atoms with Crippen LogP contribution in [0.4, 0.5) is 0 Å². The van der Waals surface area contributed by atoms with E-state index in [9.17, 15) is 9.59 Å². The topological polar surface area (TPSA) is 61.9 Å². The van der Waals surface area contributed by atoms with E-state index in [0.29, 0.717) is 13.1 Å². The lowest BCUT2D eigenvalue weighted by molar-refractivity contribution is -0.129. The highest BCUT2D eigenvalue weighted by molar-refractivity contribution is 5.90. The van der Waals surface area contributed by atoms with Gasteiger partial charge >= 0.3 is 0 Å². The quantitative estimate of drug-likeness (QED) is 0.710. The van der Waals surface area contributed by atoms with Crippen LogP contribution < -0.4 is 10.1 Å². The molecule has 27 heavy (non-hydrogen) atoms. The Morgan fingerprint density at radius 3 is 2.56 bits per heavy atom. The Labute approximate surface area is 161 Å². The van der Waals surface area contributed by atoms with Crippen molar-refractivity contribution in [1.82, 2.24) is 15.1 Å². The lowest BCUT2D eigenvalue weighted by atomic mass is 9.92. The molecule has 0 bridgehead atoms. The fourth-order valence-electron chi connectivity index (χ4n) is 4.26. The van der Waals surface area contributed by atoms with Crippen LogP contribution in [0.15, 0.2) is 24.3 Å². The number of ether oxygens (including phenoxy) is 1. The largest absolute Gasteiger partial charge is 0.497 e. The van der Waals surface area contributed by atoms with E-state index in [2.05, 4.69) is 10.2 Å². The van der Waals surface area contributed by atoms with Crippen LogP contribution in [0, 0.1) is 5.92 Å². The van der Waals surface area contributed by atoms with Gasteiger partial charge in [-0.3, -0.25) is 9.59 Å². The second-order valence-corrected chi connectivity index (χ2v) is 7.40. The third-order valence-corrected chi connectivity index (χ3v) is 5.72. The van der Waals surface area contributed by atoms with Crippen LogP contribution in [0.25, 0.3) is 0 Å². The minimum atomic E-state index is -0.336. The van der Waals surface area contributed by atoms with Gasteiger partial charge in [0.2, 0.25) is 11.8 Å². The molecule has 0 unspecified atom stereocenters. The smallest absolute Gasteiger partial charge is 0.226 e. The number of methoxy groups -OCH3 is 1. The Hall–Kier alpha value is -2.08. The van der Waals surface area contributed by atoms with E-state index < -0.39 is 0 Å². The highest BCUT2D eigenvalue weighted by Gasteiger charge is 2.43. The molecule has 2 fully saturated rings. The molecule has 2 heterocycles. The van der Waals surface area contributed by atoms with Crippen LogP contribution in [-0.4, -0.2) is 61.4 Å². The van der Waals surface area contributed by atoms with E-state index in [1.807, 2.05) is 36.1 Å². The van der Waals surface area contributed by atoms with E-state index in [1.165, 1.54) is 25.9 Å². The number of nitrogens with zero attached hydrogens (tertiary/aromatic N) is 2. The summed E-state index contributed by atoms with van der Waals surface area (Å²) in [5.74, 6) is 0.476. The van der Waals surface area contributed by atoms with Gasteiger partial charge in [0, 0.05) is 19.5 Å². The van der Waals surface area contributed by atoms with Crippen LogP contribution in [0.2, 0.25) is 0 Å². The molecule has 2 saturated heterocycles. The molecule has 1 aromatic carbocycles. The molecule has 6 heteroatoms. The van der Waals surface area contributed by atoms with Crippen molar-refractivity contribution in [2.24, 2.45) is 5.92 Å². The van der Waals surface area contributed by atoms with Gasteiger partial charge in [-0.25, -0.2) is 0 Å². The lowest BCUT2D eigenvalue weighted by Crippen LogP contribution is -2.36. The summed E-state index contributed by atoms with van der Waals surface area (Å²) in [7, 11) is 1.63. The van der Waals surface area contributed by atoms with Crippen molar-refractivity contribution in [2.45, 2.75) is 38.6 Å². The first-order valence-electron chi connectivity index (χ1n) is 10.1. The standard InChI is InChI=1S/C21H31N3O3/c1-3-24-19(25)15-18(20(24)16-7-9-17(27-2)10-8-16)21(26)22-11-6-14-23-12-4-5-13-23/h7-10,18,20H,3-6,11-15H2,1-2H3,(H,22,26)/t18-,20+/m1/s1. The zero-order valence-corrected chi connectivity index (χ0v) is 16.4. The fraction of sp³-hybridized carbons (Fsp3) is 0.619. The van der Waals surface area contributed by atoms with E-state index >= 15 is 0 Å². The summed E-state index contributed by atoms with van der Waals surface area (Å²) in [5, 5.41) is 3.07. The van der Waals surface area contributed by atoms with Crippen molar-refractivity contribution in [2.75, 3.05) is 39.8 Å². The minimum absolute atomic E-state index is 0.0125. The molecule has 0 saturated carbocycles. The van der Waals surface area contributed by atoms with Crippen molar-refractivity contribution in [3.8, 4) is 5.75 Å². The summed E-state index contributed by atoms with van der Waals surface area (Å²) in [6.07, 6.45) is 3.81. The predicted octanol–water partition coefficient (Wildman–Crippen LogP) is 2.21. The second-order valence-electron chi connectivity index (χ2n) is 7.40. The summed E-state index contributed by atoms with van der Waals surface area (Å²) in [6.45, 7) is 6.62. The molecule has 3 rings (SSSR count). The van der Waals surface area contributed by atoms with Crippen molar-refractivity contribution in [1.29, 1.82) is 0 Å². The molecular formula is C21H31N3O3. The lowest BCUT2D eigenvalue weighted by Gasteiger charge is -2.27. The molecule has 0 spiro atoms. The molecule has 0 aliphatic carbocycles. The third-order valence-electron chi connectivity index (χ3n) is 5.72. The van der Waals surface area contributed by atoms with Crippen molar-refractivity contribution >= 4 is 11.8 Å². The number of rotatable bonds is 8. The van der Waals surface area contributed by atoms with Gasteiger partial charge < -0.3 is 19.9 Å². The Morgan fingerprint density at radius 2 is 1.93 bits per heavy atom. The molecule has 1 N–H and O–H groups in total. The van der Waals surface area contributed by atoms with Crippen molar-refractivity contribution in [3.63, 3.8) is 0 Å². The number of hydrogen-bond acceptors (Lipinski definition) is 4. The van der Waals surface area contributed by atoms with Gasteiger partial charge in [0.25, 0.3) is 0 Å². The normalized spacial score (nSPS) is 23.0. The molecule has 0 aromatic heterocycles. The van der Waals surface area contributed by atoms with Crippen LogP contribution in [0.3, 0.4) is 0 Å².